The van der Waals surface area contributed by atoms with Gasteiger partial charge in [-0.3, -0.25) is 0 Å². The van der Waals surface area contributed by atoms with Crippen LogP contribution in [0.25, 0.3) is 0 Å². The molecule has 3 heteroatoms. The van der Waals surface area contributed by atoms with Crippen LogP contribution in [0.1, 0.15) is 41.8 Å². The van der Waals surface area contributed by atoms with Crippen molar-refractivity contribution in [1.29, 1.82) is 0 Å². The molecule has 0 unspecified atom stereocenters. The van der Waals surface area contributed by atoms with Crippen LogP contribution in [0.4, 0.5) is 0 Å². The molecule has 0 saturated carbocycles. The van der Waals surface area contributed by atoms with Gasteiger partial charge in [-0.1, -0.05) is 31.5 Å². The van der Waals surface area contributed by atoms with E-state index in [1.165, 1.54) is 6.07 Å². The molecule has 0 heterocycles. The van der Waals surface area contributed by atoms with Crippen molar-refractivity contribution in [2.75, 3.05) is 0 Å². The molecule has 0 aliphatic carbocycles. The summed E-state index contributed by atoms with van der Waals surface area (Å²) in [7, 11) is 0. The fraction of sp³-hybridized carbons (Fsp3) is 0.364. The fourth-order valence-electron chi connectivity index (χ4n) is 1.41. The van der Waals surface area contributed by atoms with Crippen LogP contribution in [0.5, 0.6) is 0 Å². The quantitative estimate of drug-likeness (QED) is 0.772. The monoisotopic (exact) mass is 194 g/mol. The van der Waals surface area contributed by atoms with Crippen LogP contribution >= 0.6 is 0 Å². The van der Waals surface area contributed by atoms with Crippen molar-refractivity contribution in [3.8, 4) is 0 Å². The van der Waals surface area contributed by atoms with Gasteiger partial charge in [-0.05, 0) is 18.1 Å². The van der Waals surface area contributed by atoms with Gasteiger partial charge in [-0.15, -0.1) is 0 Å². The van der Waals surface area contributed by atoms with Crippen molar-refractivity contribution in [3.05, 3.63) is 35.4 Å². The van der Waals surface area contributed by atoms with Gasteiger partial charge in [0, 0.05) is 0 Å². The highest BCUT2D eigenvalue weighted by atomic mass is 16.4. The summed E-state index contributed by atoms with van der Waals surface area (Å²) in [5.74, 6) is -0.990. The second-order valence-electron chi connectivity index (χ2n) is 3.20. The predicted molar refractivity (Wildman–Crippen MR) is 53.3 cm³/mol. The van der Waals surface area contributed by atoms with E-state index in [0.29, 0.717) is 12.0 Å². The lowest BCUT2D eigenvalue weighted by Gasteiger charge is -2.11. The fourth-order valence-corrected chi connectivity index (χ4v) is 1.41. The van der Waals surface area contributed by atoms with Crippen molar-refractivity contribution >= 4 is 5.97 Å². The van der Waals surface area contributed by atoms with E-state index in [2.05, 4.69) is 0 Å². The number of aliphatic hydroxyl groups excluding tert-OH is 1. The minimum absolute atomic E-state index is 0.188. The van der Waals surface area contributed by atoms with Gasteiger partial charge in [0.25, 0.3) is 0 Å². The highest BCUT2D eigenvalue weighted by Crippen LogP contribution is 2.21. The van der Waals surface area contributed by atoms with Gasteiger partial charge in [0.2, 0.25) is 0 Å². The minimum atomic E-state index is -0.990. The van der Waals surface area contributed by atoms with E-state index in [9.17, 15) is 9.90 Å². The maximum Gasteiger partial charge on any atom is 0.336 e. The summed E-state index contributed by atoms with van der Waals surface area (Å²) in [5, 5.41) is 18.6. The molecular weight excluding hydrogens is 180 g/mol. The largest absolute Gasteiger partial charge is 0.478 e. The molecule has 0 aliphatic rings. The second kappa shape index (κ2) is 4.77. The zero-order valence-electron chi connectivity index (χ0n) is 8.10. The average Bonchev–Trinajstić information content (AvgIpc) is 2.18. The standard InChI is InChI=1S/C11H14O3/c1-2-5-10(12)8-6-3-4-7-9(8)11(13)14/h3-4,6-7,10,12H,2,5H2,1H3,(H,13,14)/t10-/m1/s1. The summed E-state index contributed by atoms with van der Waals surface area (Å²) in [6.07, 6.45) is 0.742. The number of carboxylic acid groups (broad SMARTS) is 1. The lowest BCUT2D eigenvalue weighted by molar-refractivity contribution is 0.0688. The maximum absolute atomic E-state index is 10.8. The molecule has 0 bridgehead atoms. The summed E-state index contributed by atoms with van der Waals surface area (Å²) in [4.78, 5) is 10.8. The van der Waals surface area contributed by atoms with Gasteiger partial charge in [0.05, 0.1) is 11.7 Å². The number of hydrogen-bond donors (Lipinski definition) is 2. The zero-order chi connectivity index (χ0) is 10.6. The molecule has 1 aromatic rings. The van der Waals surface area contributed by atoms with E-state index in [4.69, 9.17) is 5.11 Å². The summed E-state index contributed by atoms with van der Waals surface area (Å²) in [6.45, 7) is 1.95. The Kier molecular flexibility index (Phi) is 3.65. The third-order valence-electron chi connectivity index (χ3n) is 2.11. The molecule has 0 aromatic heterocycles. The van der Waals surface area contributed by atoms with E-state index in [0.717, 1.165) is 6.42 Å². The molecule has 0 aliphatic heterocycles. The molecule has 1 aromatic carbocycles. The van der Waals surface area contributed by atoms with Crippen LogP contribution in [0.15, 0.2) is 24.3 Å². The Bertz CT molecular complexity index is 320. The van der Waals surface area contributed by atoms with E-state index < -0.39 is 12.1 Å². The van der Waals surface area contributed by atoms with Crippen LogP contribution < -0.4 is 0 Å². The highest BCUT2D eigenvalue weighted by molar-refractivity contribution is 5.89. The van der Waals surface area contributed by atoms with Crippen molar-refractivity contribution < 1.29 is 15.0 Å². The van der Waals surface area contributed by atoms with Crippen molar-refractivity contribution in [3.63, 3.8) is 0 Å². The van der Waals surface area contributed by atoms with Crippen LogP contribution in [0.2, 0.25) is 0 Å². The van der Waals surface area contributed by atoms with Gasteiger partial charge in [0.15, 0.2) is 0 Å². The molecule has 14 heavy (non-hydrogen) atoms. The SMILES string of the molecule is CCC[C@@H](O)c1ccccc1C(=O)O. The Balaban J connectivity index is 3.00. The first-order chi connectivity index (χ1) is 6.66. The number of aromatic carboxylic acids is 1. The van der Waals surface area contributed by atoms with E-state index in [1.54, 1.807) is 18.2 Å². The Morgan fingerprint density at radius 2 is 2.07 bits per heavy atom. The highest BCUT2D eigenvalue weighted by Gasteiger charge is 2.14. The van der Waals surface area contributed by atoms with Gasteiger partial charge >= 0.3 is 5.97 Å². The number of carboxylic acids is 1. The maximum atomic E-state index is 10.8. The van der Waals surface area contributed by atoms with Gasteiger partial charge in [-0.2, -0.15) is 0 Å². The number of benzene rings is 1. The average molecular weight is 194 g/mol. The van der Waals surface area contributed by atoms with Gasteiger partial charge < -0.3 is 10.2 Å². The van der Waals surface area contributed by atoms with E-state index in [1.807, 2.05) is 6.92 Å². The second-order valence-corrected chi connectivity index (χ2v) is 3.20. The summed E-state index contributed by atoms with van der Waals surface area (Å²) >= 11 is 0. The number of rotatable bonds is 4. The lowest BCUT2D eigenvalue weighted by Crippen LogP contribution is -2.06. The molecule has 0 fully saturated rings. The number of carbonyl (C=O) groups is 1. The van der Waals surface area contributed by atoms with Crippen molar-refractivity contribution in [1.82, 2.24) is 0 Å². The Morgan fingerprint density at radius 3 is 2.64 bits per heavy atom. The molecule has 76 valence electrons. The Labute approximate surface area is 83.0 Å². The molecular formula is C11H14O3. The number of aliphatic hydroxyl groups is 1. The Hall–Kier alpha value is -1.35. The topological polar surface area (TPSA) is 57.5 Å². The first-order valence-corrected chi connectivity index (χ1v) is 4.67. The molecule has 0 spiro atoms. The lowest BCUT2D eigenvalue weighted by atomic mass is 9.99. The molecule has 2 N–H and O–H groups in total. The molecule has 0 radical (unpaired) electrons. The molecule has 0 amide bonds. The normalized spacial score (nSPS) is 12.4. The summed E-state index contributed by atoms with van der Waals surface area (Å²) in [5.41, 5.74) is 0.690. The Morgan fingerprint density at radius 1 is 1.43 bits per heavy atom. The summed E-state index contributed by atoms with van der Waals surface area (Å²) < 4.78 is 0. The van der Waals surface area contributed by atoms with Crippen LogP contribution in [0, 0.1) is 0 Å². The summed E-state index contributed by atoms with van der Waals surface area (Å²) in [6, 6.07) is 6.56. The van der Waals surface area contributed by atoms with Crippen LogP contribution in [-0.2, 0) is 0 Å². The van der Waals surface area contributed by atoms with Gasteiger partial charge in [0.1, 0.15) is 0 Å². The van der Waals surface area contributed by atoms with Crippen LogP contribution in [-0.4, -0.2) is 16.2 Å². The van der Waals surface area contributed by atoms with E-state index >= 15 is 0 Å². The molecule has 1 rings (SSSR count). The molecule has 0 saturated heterocycles. The van der Waals surface area contributed by atoms with Crippen molar-refractivity contribution in [2.45, 2.75) is 25.9 Å². The first kappa shape index (κ1) is 10.7. The number of hydrogen-bond acceptors (Lipinski definition) is 2. The van der Waals surface area contributed by atoms with E-state index in [-0.39, 0.29) is 5.56 Å². The van der Waals surface area contributed by atoms with Crippen LogP contribution in [0.3, 0.4) is 0 Å². The zero-order valence-corrected chi connectivity index (χ0v) is 8.10. The van der Waals surface area contributed by atoms with Crippen molar-refractivity contribution in [2.24, 2.45) is 0 Å². The molecule has 3 nitrogen and oxygen atoms in total. The first-order valence-electron chi connectivity index (χ1n) is 4.67. The third kappa shape index (κ3) is 2.33. The molecule has 1 atom stereocenters. The third-order valence-corrected chi connectivity index (χ3v) is 2.11. The van der Waals surface area contributed by atoms with Gasteiger partial charge in [-0.25, -0.2) is 4.79 Å². The minimum Gasteiger partial charge on any atom is -0.478 e. The smallest absolute Gasteiger partial charge is 0.336 e. The predicted octanol–water partition coefficient (Wildman–Crippen LogP) is 2.22.